The summed E-state index contributed by atoms with van der Waals surface area (Å²) in [6.07, 6.45) is 0. The molecule has 132 valence electrons. The lowest BCUT2D eigenvalue weighted by atomic mass is 9.89. The predicted octanol–water partition coefficient (Wildman–Crippen LogP) is 7.84. The van der Waals surface area contributed by atoms with E-state index in [4.69, 9.17) is 0 Å². The molecule has 0 unspecified atom stereocenters. The predicted molar refractivity (Wildman–Crippen MR) is 120 cm³/mol. The molecule has 5 aromatic rings. The highest BCUT2D eigenvalue weighted by Crippen LogP contribution is 2.39. The number of benzene rings is 5. The smallest absolute Gasteiger partial charge is 0.00268 e. The van der Waals surface area contributed by atoms with Crippen LogP contribution in [-0.2, 0) is 0 Å². The van der Waals surface area contributed by atoms with E-state index in [0.29, 0.717) is 0 Å². The summed E-state index contributed by atoms with van der Waals surface area (Å²) in [4.78, 5) is 0. The fourth-order valence-corrected chi connectivity index (χ4v) is 3.91. The monoisotopic (exact) mass is 356 g/mol. The minimum Gasteiger partial charge on any atom is -0.0622 e. The van der Waals surface area contributed by atoms with Gasteiger partial charge in [0, 0.05) is 0 Å². The summed E-state index contributed by atoms with van der Waals surface area (Å²) in [5, 5.41) is 2.55. The zero-order chi connectivity index (χ0) is 18.8. The number of hydrogen-bond donors (Lipinski definition) is 0. The molecule has 0 spiro atoms. The number of rotatable bonds is 3. The largest absolute Gasteiger partial charge is 0.0622 e. The van der Waals surface area contributed by atoms with Crippen molar-refractivity contribution in [1.82, 2.24) is 0 Å². The highest BCUT2D eigenvalue weighted by Gasteiger charge is 2.12. The normalized spacial score (nSPS) is 10.9. The molecular formula is C28H20. The van der Waals surface area contributed by atoms with Crippen molar-refractivity contribution in [2.75, 3.05) is 0 Å². The van der Waals surface area contributed by atoms with E-state index in [1.54, 1.807) is 0 Å². The minimum absolute atomic E-state index is 1.25. The first-order chi connectivity index (χ1) is 13.9. The van der Waals surface area contributed by atoms with Gasteiger partial charge >= 0.3 is 0 Å². The Hall–Kier alpha value is -3.64. The lowest BCUT2D eigenvalue weighted by Gasteiger charge is -2.15. The summed E-state index contributed by atoms with van der Waals surface area (Å²) >= 11 is 0. The van der Waals surface area contributed by atoms with Gasteiger partial charge in [0.25, 0.3) is 0 Å². The molecule has 0 bridgehead atoms. The van der Waals surface area contributed by atoms with Crippen LogP contribution in [0.3, 0.4) is 0 Å². The molecule has 0 radical (unpaired) electrons. The number of fused-ring (bicyclic) bond motifs is 1. The van der Waals surface area contributed by atoms with Crippen molar-refractivity contribution in [3.8, 4) is 33.4 Å². The van der Waals surface area contributed by atoms with Gasteiger partial charge < -0.3 is 0 Å². The van der Waals surface area contributed by atoms with Gasteiger partial charge in [0.2, 0.25) is 0 Å². The molecule has 0 atom stereocenters. The van der Waals surface area contributed by atoms with Crippen LogP contribution in [0.5, 0.6) is 0 Å². The summed E-state index contributed by atoms with van der Waals surface area (Å²) in [6, 6.07) is 43.2. The van der Waals surface area contributed by atoms with Gasteiger partial charge in [-0.3, -0.25) is 0 Å². The third-order valence-corrected chi connectivity index (χ3v) is 5.27. The Morgan fingerprint density at radius 3 is 1.57 bits per heavy atom. The molecule has 5 rings (SSSR count). The fourth-order valence-electron chi connectivity index (χ4n) is 3.91. The zero-order valence-corrected chi connectivity index (χ0v) is 15.5. The van der Waals surface area contributed by atoms with Gasteiger partial charge in [-0.1, -0.05) is 115 Å². The van der Waals surface area contributed by atoms with Crippen LogP contribution in [0.15, 0.2) is 121 Å². The first-order valence-corrected chi connectivity index (χ1v) is 9.63. The lowest BCUT2D eigenvalue weighted by molar-refractivity contribution is 1.60. The van der Waals surface area contributed by atoms with Crippen LogP contribution in [0.1, 0.15) is 0 Å². The third-order valence-electron chi connectivity index (χ3n) is 5.27. The maximum Gasteiger partial charge on any atom is -0.00268 e. The van der Waals surface area contributed by atoms with E-state index in [1.807, 2.05) is 0 Å². The van der Waals surface area contributed by atoms with Crippen molar-refractivity contribution >= 4 is 10.8 Å². The van der Waals surface area contributed by atoms with Crippen molar-refractivity contribution in [1.29, 1.82) is 0 Å². The molecule has 0 fully saturated rings. The van der Waals surface area contributed by atoms with Gasteiger partial charge in [-0.05, 0) is 50.2 Å². The molecule has 0 amide bonds. The van der Waals surface area contributed by atoms with Crippen LogP contribution < -0.4 is 0 Å². The van der Waals surface area contributed by atoms with E-state index in [0.717, 1.165) is 0 Å². The van der Waals surface area contributed by atoms with Crippen molar-refractivity contribution < 1.29 is 0 Å². The molecule has 0 aromatic heterocycles. The van der Waals surface area contributed by atoms with Gasteiger partial charge in [0.05, 0.1) is 0 Å². The van der Waals surface area contributed by atoms with Crippen molar-refractivity contribution in [2.45, 2.75) is 0 Å². The van der Waals surface area contributed by atoms with Crippen LogP contribution in [0.25, 0.3) is 44.2 Å². The number of hydrogen-bond acceptors (Lipinski definition) is 0. The second-order valence-electron chi connectivity index (χ2n) is 7.02. The van der Waals surface area contributed by atoms with E-state index >= 15 is 0 Å². The van der Waals surface area contributed by atoms with E-state index in [2.05, 4.69) is 121 Å². The maximum absolute atomic E-state index is 2.30. The van der Waals surface area contributed by atoms with Gasteiger partial charge in [-0.25, -0.2) is 0 Å². The second kappa shape index (κ2) is 7.17. The molecule has 0 N–H and O–H groups in total. The molecule has 0 heterocycles. The standard InChI is InChI=1S/C28H20/c1-4-10-21(11-5-1)24-16-18-27-25(20-24)17-19-26(22-12-6-2-7-13-22)28(27)23-14-8-3-9-15-23/h1-20H. The van der Waals surface area contributed by atoms with Crippen LogP contribution in [-0.4, -0.2) is 0 Å². The van der Waals surface area contributed by atoms with Crippen LogP contribution >= 0.6 is 0 Å². The summed E-state index contributed by atoms with van der Waals surface area (Å²) in [5.41, 5.74) is 7.56. The topological polar surface area (TPSA) is 0 Å². The molecule has 0 heteroatoms. The zero-order valence-electron chi connectivity index (χ0n) is 15.5. The summed E-state index contributed by atoms with van der Waals surface area (Å²) in [5.74, 6) is 0. The van der Waals surface area contributed by atoms with Gasteiger partial charge in [0.15, 0.2) is 0 Å². The summed E-state index contributed by atoms with van der Waals surface area (Å²) < 4.78 is 0. The first-order valence-electron chi connectivity index (χ1n) is 9.63. The molecule has 0 aliphatic carbocycles. The van der Waals surface area contributed by atoms with Gasteiger partial charge in [0.1, 0.15) is 0 Å². The Morgan fingerprint density at radius 2 is 0.929 bits per heavy atom. The third kappa shape index (κ3) is 3.00. The Balaban J connectivity index is 1.78. The highest BCUT2D eigenvalue weighted by molar-refractivity contribution is 6.05. The Kier molecular flexibility index (Phi) is 4.23. The molecule has 0 saturated carbocycles. The lowest BCUT2D eigenvalue weighted by Crippen LogP contribution is -1.88. The molecule has 0 saturated heterocycles. The van der Waals surface area contributed by atoms with Crippen molar-refractivity contribution in [3.05, 3.63) is 121 Å². The van der Waals surface area contributed by atoms with Crippen LogP contribution in [0.2, 0.25) is 0 Å². The average Bonchev–Trinajstić information content (AvgIpc) is 2.79. The minimum atomic E-state index is 1.25. The van der Waals surface area contributed by atoms with Gasteiger partial charge in [-0.2, -0.15) is 0 Å². The Labute approximate surface area is 165 Å². The molecule has 0 nitrogen and oxygen atoms in total. The molecular weight excluding hydrogens is 336 g/mol. The van der Waals surface area contributed by atoms with Crippen molar-refractivity contribution in [3.63, 3.8) is 0 Å². The SMILES string of the molecule is c1ccc(-c2ccc3c(-c4ccccc4)c(-c4ccccc4)ccc3c2)cc1. The first kappa shape index (κ1) is 16.5. The highest BCUT2D eigenvalue weighted by atomic mass is 14.2. The average molecular weight is 356 g/mol. The van der Waals surface area contributed by atoms with Crippen LogP contribution in [0.4, 0.5) is 0 Å². The fraction of sp³-hybridized carbons (Fsp3) is 0. The summed E-state index contributed by atoms with van der Waals surface area (Å²) in [7, 11) is 0. The van der Waals surface area contributed by atoms with E-state index in [1.165, 1.54) is 44.2 Å². The molecule has 0 aliphatic heterocycles. The molecule has 5 aromatic carbocycles. The van der Waals surface area contributed by atoms with Crippen molar-refractivity contribution in [2.24, 2.45) is 0 Å². The summed E-state index contributed by atoms with van der Waals surface area (Å²) in [6.45, 7) is 0. The Morgan fingerprint density at radius 1 is 0.357 bits per heavy atom. The van der Waals surface area contributed by atoms with Gasteiger partial charge in [-0.15, -0.1) is 0 Å². The van der Waals surface area contributed by atoms with Crippen LogP contribution in [0, 0.1) is 0 Å². The van der Waals surface area contributed by atoms with E-state index in [-0.39, 0.29) is 0 Å². The van der Waals surface area contributed by atoms with E-state index in [9.17, 15) is 0 Å². The second-order valence-corrected chi connectivity index (χ2v) is 7.02. The van der Waals surface area contributed by atoms with E-state index < -0.39 is 0 Å². The molecule has 0 aliphatic rings. The maximum atomic E-state index is 2.30. The Bertz CT molecular complexity index is 1220. The quantitative estimate of drug-likeness (QED) is 0.309. The molecule has 28 heavy (non-hydrogen) atoms.